The predicted molar refractivity (Wildman–Crippen MR) is 79.8 cm³/mol. The monoisotopic (exact) mass is 282 g/mol. The summed E-state index contributed by atoms with van der Waals surface area (Å²) in [7, 11) is 0. The molecule has 4 heteroatoms. The number of carbonyl (C=O) groups excluding carboxylic acids is 1. The summed E-state index contributed by atoms with van der Waals surface area (Å²) in [6, 6.07) is 3.99. The summed E-state index contributed by atoms with van der Waals surface area (Å²) in [4.78, 5) is 18.9. The zero-order chi connectivity index (χ0) is 14.4. The Kier molecular flexibility index (Phi) is 6.29. The lowest BCUT2D eigenvalue weighted by molar-refractivity contribution is 0.0680. The standard InChI is InChI=1S/C15H23ClN2O/c1-5-13(6-2)18(10-9-16)15(19)14-8-7-11(3)17-12(14)4/h7-8,13H,5-6,9-10H2,1-4H3. The van der Waals surface area contributed by atoms with E-state index in [1.807, 2.05) is 30.9 Å². The molecule has 1 amide bonds. The van der Waals surface area contributed by atoms with Crippen LogP contribution in [0, 0.1) is 13.8 Å². The molecule has 0 unspecified atom stereocenters. The SMILES string of the molecule is CCC(CC)N(CCCl)C(=O)c1ccc(C)nc1C. The van der Waals surface area contributed by atoms with Crippen LogP contribution in [0.5, 0.6) is 0 Å². The number of amides is 1. The van der Waals surface area contributed by atoms with Crippen LogP contribution in [0.2, 0.25) is 0 Å². The third-order valence-electron chi connectivity index (χ3n) is 3.43. The van der Waals surface area contributed by atoms with E-state index in [1.165, 1.54) is 0 Å². The number of nitrogens with zero attached hydrogens (tertiary/aromatic N) is 2. The fraction of sp³-hybridized carbons (Fsp3) is 0.600. The largest absolute Gasteiger partial charge is 0.334 e. The van der Waals surface area contributed by atoms with Crippen LogP contribution < -0.4 is 0 Å². The van der Waals surface area contributed by atoms with E-state index in [1.54, 1.807) is 0 Å². The van der Waals surface area contributed by atoms with Crippen LogP contribution >= 0.6 is 11.6 Å². The molecular weight excluding hydrogens is 260 g/mol. The fourth-order valence-electron chi connectivity index (χ4n) is 2.34. The lowest BCUT2D eigenvalue weighted by Crippen LogP contribution is -2.41. The van der Waals surface area contributed by atoms with E-state index in [2.05, 4.69) is 18.8 Å². The number of aromatic nitrogens is 1. The Morgan fingerprint density at radius 3 is 2.42 bits per heavy atom. The molecule has 0 N–H and O–H groups in total. The molecule has 3 nitrogen and oxygen atoms in total. The van der Waals surface area contributed by atoms with Crippen LogP contribution in [0.1, 0.15) is 48.4 Å². The number of aryl methyl sites for hydroxylation is 2. The Morgan fingerprint density at radius 2 is 1.95 bits per heavy atom. The Hall–Kier alpha value is -1.09. The van der Waals surface area contributed by atoms with E-state index in [4.69, 9.17) is 11.6 Å². The summed E-state index contributed by atoms with van der Waals surface area (Å²) in [5.41, 5.74) is 2.40. The molecule has 1 heterocycles. The molecule has 0 saturated carbocycles. The van der Waals surface area contributed by atoms with Crippen molar-refractivity contribution in [1.82, 2.24) is 9.88 Å². The van der Waals surface area contributed by atoms with Crippen molar-refractivity contribution >= 4 is 17.5 Å². The van der Waals surface area contributed by atoms with Gasteiger partial charge in [-0.15, -0.1) is 11.6 Å². The molecule has 0 bridgehead atoms. The van der Waals surface area contributed by atoms with E-state index >= 15 is 0 Å². The van der Waals surface area contributed by atoms with Crippen molar-refractivity contribution < 1.29 is 4.79 Å². The Balaban J connectivity index is 3.04. The first-order valence-corrected chi connectivity index (χ1v) is 7.39. The van der Waals surface area contributed by atoms with Crippen LogP contribution in [0.3, 0.4) is 0 Å². The van der Waals surface area contributed by atoms with Gasteiger partial charge in [0.1, 0.15) is 0 Å². The maximum Gasteiger partial charge on any atom is 0.255 e. The van der Waals surface area contributed by atoms with Crippen LogP contribution in [-0.4, -0.2) is 34.3 Å². The van der Waals surface area contributed by atoms with Gasteiger partial charge in [-0.3, -0.25) is 9.78 Å². The lowest BCUT2D eigenvalue weighted by Gasteiger charge is -2.30. The van der Waals surface area contributed by atoms with Crippen molar-refractivity contribution in [1.29, 1.82) is 0 Å². The molecule has 0 fully saturated rings. The van der Waals surface area contributed by atoms with E-state index in [9.17, 15) is 4.79 Å². The quantitative estimate of drug-likeness (QED) is 0.748. The van der Waals surface area contributed by atoms with Crippen LogP contribution in [0.25, 0.3) is 0 Å². The van der Waals surface area contributed by atoms with Gasteiger partial charge in [0, 0.05) is 24.2 Å². The number of halogens is 1. The topological polar surface area (TPSA) is 33.2 Å². The Bertz CT molecular complexity index is 430. The normalized spacial score (nSPS) is 10.8. The summed E-state index contributed by atoms with van der Waals surface area (Å²) in [5.74, 6) is 0.500. The first-order chi connectivity index (χ1) is 9.04. The molecule has 19 heavy (non-hydrogen) atoms. The van der Waals surface area contributed by atoms with Crippen molar-refractivity contribution in [3.8, 4) is 0 Å². The van der Waals surface area contributed by atoms with Crippen LogP contribution in [-0.2, 0) is 0 Å². The first-order valence-electron chi connectivity index (χ1n) is 6.86. The van der Waals surface area contributed by atoms with Gasteiger partial charge in [0.2, 0.25) is 0 Å². The molecule has 1 rings (SSSR count). The van der Waals surface area contributed by atoms with Gasteiger partial charge in [-0.2, -0.15) is 0 Å². The van der Waals surface area contributed by atoms with Crippen LogP contribution in [0.15, 0.2) is 12.1 Å². The number of carbonyl (C=O) groups is 1. The number of pyridine rings is 1. The third-order valence-corrected chi connectivity index (χ3v) is 3.59. The maximum absolute atomic E-state index is 12.7. The summed E-state index contributed by atoms with van der Waals surface area (Å²) in [6.45, 7) is 8.59. The van der Waals surface area contributed by atoms with E-state index < -0.39 is 0 Å². The number of hydrogen-bond acceptors (Lipinski definition) is 2. The highest BCUT2D eigenvalue weighted by molar-refractivity contribution is 6.18. The third kappa shape index (κ3) is 3.93. The second-order valence-electron chi connectivity index (χ2n) is 4.74. The average molecular weight is 283 g/mol. The van der Waals surface area contributed by atoms with Gasteiger partial charge in [-0.1, -0.05) is 13.8 Å². The molecule has 0 aliphatic carbocycles. The van der Waals surface area contributed by atoms with Gasteiger partial charge >= 0.3 is 0 Å². The minimum absolute atomic E-state index is 0.0411. The zero-order valence-corrected chi connectivity index (χ0v) is 13.0. The first kappa shape index (κ1) is 16.0. The summed E-state index contributed by atoms with van der Waals surface area (Å²) < 4.78 is 0. The van der Waals surface area contributed by atoms with Gasteiger partial charge in [-0.05, 0) is 38.8 Å². The van der Waals surface area contributed by atoms with Crippen molar-refractivity contribution in [2.24, 2.45) is 0 Å². The minimum Gasteiger partial charge on any atom is -0.334 e. The Labute approximate surface area is 121 Å². The van der Waals surface area contributed by atoms with Gasteiger partial charge in [0.25, 0.3) is 5.91 Å². The summed E-state index contributed by atoms with van der Waals surface area (Å²) in [6.07, 6.45) is 1.88. The molecule has 0 aromatic carbocycles. The lowest BCUT2D eigenvalue weighted by atomic mass is 10.1. The second kappa shape index (κ2) is 7.49. The molecule has 1 aromatic heterocycles. The van der Waals surface area contributed by atoms with Crippen molar-refractivity contribution in [2.75, 3.05) is 12.4 Å². The smallest absolute Gasteiger partial charge is 0.255 e. The number of alkyl halides is 1. The summed E-state index contributed by atoms with van der Waals surface area (Å²) >= 11 is 5.84. The predicted octanol–water partition coefficient (Wildman–Crippen LogP) is 3.57. The fourth-order valence-corrected chi connectivity index (χ4v) is 2.52. The molecule has 0 spiro atoms. The van der Waals surface area contributed by atoms with E-state index in [0.29, 0.717) is 18.0 Å². The maximum atomic E-state index is 12.7. The number of hydrogen-bond donors (Lipinski definition) is 0. The molecule has 0 atom stereocenters. The molecular formula is C15H23ClN2O. The van der Waals surface area contributed by atoms with Gasteiger partial charge in [0.15, 0.2) is 0 Å². The highest BCUT2D eigenvalue weighted by Crippen LogP contribution is 2.16. The average Bonchev–Trinajstić information content (AvgIpc) is 2.38. The molecule has 0 radical (unpaired) electrons. The molecule has 106 valence electrons. The highest BCUT2D eigenvalue weighted by Gasteiger charge is 2.23. The highest BCUT2D eigenvalue weighted by atomic mass is 35.5. The number of rotatable bonds is 6. The van der Waals surface area contributed by atoms with Crippen molar-refractivity contribution in [3.63, 3.8) is 0 Å². The Morgan fingerprint density at radius 1 is 1.32 bits per heavy atom. The molecule has 0 aliphatic heterocycles. The van der Waals surface area contributed by atoms with Crippen molar-refractivity contribution in [3.05, 3.63) is 29.1 Å². The van der Waals surface area contributed by atoms with Gasteiger partial charge < -0.3 is 4.90 Å². The molecule has 0 saturated heterocycles. The molecule has 0 aliphatic rings. The minimum atomic E-state index is 0.0411. The van der Waals surface area contributed by atoms with Crippen molar-refractivity contribution in [2.45, 2.75) is 46.6 Å². The summed E-state index contributed by atoms with van der Waals surface area (Å²) in [5, 5.41) is 0. The van der Waals surface area contributed by atoms with E-state index in [-0.39, 0.29) is 11.9 Å². The van der Waals surface area contributed by atoms with Gasteiger partial charge in [-0.25, -0.2) is 0 Å². The van der Waals surface area contributed by atoms with Crippen LogP contribution in [0.4, 0.5) is 0 Å². The van der Waals surface area contributed by atoms with Gasteiger partial charge in [0.05, 0.1) is 11.3 Å². The van der Waals surface area contributed by atoms with E-state index in [0.717, 1.165) is 24.2 Å². The second-order valence-corrected chi connectivity index (χ2v) is 5.12. The zero-order valence-electron chi connectivity index (χ0n) is 12.2. The molecule has 1 aromatic rings.